The largest absolute Gasteiger partial charge is 0.322 e. The number of hydrogen-bond donors (Lipinski definition) is 2. The maximum Gasteiger partial charge on any atom is 0.257 e. The van der Waals surface area contributed by atoms with E-state index in [4.69, 9.17) is 0 Å². The first-order valence-electron chi connectivity index (χ1n) is 6.58. The fraction of sp³-hybridized carbons (Fsp3) is 0.133. The van der Waals surface area contributed by atoms with Crippen LogP contribution in [0.2, 0.25) is 0 Å². The van der Waals surface area contributed by atoms with E-state index in [0.29, 0.717) is 5.69 Å². The first-order valence-corrected chi connectivity index (χ1v) is 8.23. The van der Waals surface area contributed by atoms with Crippen LogP contribution in [0.3, 0.4) is 0 Å². The van der Waals surface area contributed by atoms with Gasteiger partial charge in [-0.3, -0.25) is 9.52 Å². The molecule has 5 nitrogen and oxygen atoms in total. The van der Waals surface area contributed by atoms with Gasteiger partial charge in [0.25, 0.3) is 5.91 Å². The molecule has 0 atom stereocenters. The van der Waals surface area contributed by atoms with E-state index in [9.17, 15) is 17.6 Å². The molecule has 0 fully saturated rings. The van der Waals surface area contributed by atoms with Gasteiger partial charge in [0.15, 0.2) is 0 Å². The lowest BCUT2D eigenvalue weighted by Crippen LogP contribution is -2.19. The Morgan fingerprint density at radius 3 is 2.36 bits per heavy atom. The van der Waals surface area contributed by atoms with Gasteiger partial charge in [-0.1, -0.05) is 12.1 Å². The van der Waals surface area contributed by atoms with Crippen LogP contribution in [-0.2, 0) is 10.0 Å². The number of amides is 1. The molecule has 0 spiro atoms. The number of carbonyl (C=O) groups excluding carboxylic acids is 1. The Kier molecular flexibility index (Phi) is 4.77. The van der Waals surface area contributed by atoms with Crippen LogP contribution in [0.25, 0.3) is 0 Å². The van der Waals surface area contributed by atoms with Gasteiger partial charge in [0.2, 0.25) is 10.0 Å². The average Bonchev–Trinajstić information content (AvgIpc) is 2.50. The quantitative estimate of drug-likeness (QED) is 0.889. The summed E-state index contributed by atoms with van der Waals surface area (Å²) in [4.78, 5) is 12.3. The molecule has 0 saturated carbocycles. The highest BCUT2D eigenvalue weighted by Gasteiger charge is 2.15. The monoisotopic (exact) mass is 322 g/mol. The van der Waals surface area contributed by atoms with Gasteiger partial charge < -0.3 is 5.32 Å². The van der Waals surface area contributed by atoms with Gasteiger partial charge in [0.05, 0.1) is 17.0 Å². The normalized spacial score (nSPS) is 11.0. The number of halogens is 1. The third kappa shape index (κ3) is 4.05. The summed E-state index contributed by atoms with van der Waals surface area (Å²) in [5.41, 5.74) is 0.798. The number of hydrogen-bond acceptors (Lipinski definition) is 3. The molecule has 1 amide bonds. The lowest BCUT2D eigenvalue weighted by Gasteiger charge is -2.12. The van der Waals surface area contributed by atoms with Crippen LogP contribution in [0.4, 0.5) is 15.8 Å². The first kappa shape index (κ1) is 16.0. The van der Waals surface area contributed by atoms with Crippen molar-refractivity contribution in [3.05, 3.63) is 59.9 Å². The summed E-state index contributed by atoms with van der Waals surface area (Å²) in [6.45, 7) is 1.50. The number of anilines is 2. The van der Waals surface area contributed by atoms with Gasteiger partial charge in [0, 0.05) is 5.69 Å². The van der Waals surface area contributed by atoms with E-state index in [1.54, 1.807) is 12.1 Å². The van der Waals surface area contributed by atoms with Crippen molar-refractivity contribution < 1.29 is 17.6 Å². The molecular weight excluding hydrogens is 307 g/mol. The smallest absolute Gasteiger partial charge is 0.257 e. The maximum absolute atomic E-state index is 12.8. The zero-order valence-corrected chi connectivity index (χ0v) is 12.7. The van der Waals surface area contributed by atoms with Crippen molar-refractivity contribution in [2.45, 2.75) is 6.92 Å². The van der Waals surface area contributed by atoms with Crippen LogP contribution >= 0.6 is 0 Å². The summed E-state index contributed by atoms with van der Waals surface area (Å²) in [6, 6.07) is 11.6. The second-order valence-corrected chi connectivity index (χ2v) is 6.52. The Labute approximate surface area is 128 Å². The standard InChI is InChI=1S/C15H15FN2O3S/c1-2-22(20,21)18-14-6-4-3-5-13(14)15(19)17-12-9-7-11(16)8-10-12/h3-10,18H,2H2,1H3,(H,17,19). The molecule has 0 aliphatic rings. The molecule has 0 aliphatic heterocycles. The van der Waals surface area contributed by atoms with E-state index in [1.807, 2.05) is 0 Å². The highest BCUT2D eigenvalue weighted by atomic mass is 32.2. The molecule has 0 unspecified atom stereocenters. The summed E-state index contributed by atoms with van der Waals surface area (Å²) in [7, 11) is -3.49. The molecule has 0 aromatic heterocycles. The van der Waals surface area contributed by atoms with Crippen LogP contribution in [-0.4, -0.2) is 20.1 Å². The van der Waals surface area contributed by atoms with Crippen LogP contribution < -0.4 is 10.0 Å². The number of sulfonamides is 1. The first-order chi connectivity index (χ1) is 10.4. The van der Waals surface area contributed by atoms with Gasteiger partial charge in [-0.2, -0.15) is 0 Å². The van der Waals surface area contributed by atoms with E-state index in [0.717, 1.165) is 0 Å². The van der Waals surface area contributed by atoms with E-state index in [2.05, 4.69) is 10.0 Å². The molecule has 2 N–H and O–H groups in total. The number of nitrogens with one attached hydrogen (secondary N) is 2. The minimum absolute atomic E-state index is 0.0963. The lowest BCUT2D eigenvalue weighted by atomic mass is 10.1. The fourth-order valence-corrected chi connectivity index (χ4v) is 2.40. The summed E-state index contributed by atoms with van der Waals surface area (Å²) in [5.74, 6) is -0.990. The van der Waals surface area contributed by atoms with Crippen LogP contribution in [0.15, 0.2) is 48.5 Å². The van der Waals surface area contributed by atoms with Gasteiger partial charge in [-0.25, -0.2) is 12.8 Å². The molecule has 2 aromatic rings. The van der Waals surface area contributed by atoms with E-state index in [-0.39, 0.29) is 17.0 Å². The third-order valence-electron chi connectivity index (χ3n) is 2.92. The van der Waals surface area contributed by atoms with Gasteiger partial charge in [-0.05, 0) is 43.3 Å². The average molecular weight is 322 g/mol. The topological polar surface area (TPSA) is 75.3 Å². The molecule has 7 heteroatoms. The minimum atomic E-state index is -3.49. The fourth-order valence-electron chi connectivity index (χ4n) is 1.74. The van der Waals surface area contributed by atoms with Gasteiger partial charge in [0.1, 0.15) is 5.82 Å². The highest BCUT2D eigenvalue weighted by molar-refractivity contribution is 7.92. The maximum atomic E-state index is 12.8. The van der Waals surface area contributed by atoms with E-state index >= 15 is 0 Å². The second kappa shape index (κ2) is 6.57. The Bertz CT molecular complexity index is 774. The summed E-state index contributed by atoms with van der Waals surface area (Å²) < 4.78 is 38.5. The highest BCUT2D eigenvalue weighted by Crippen LogP contribution is 2.19. The SMILES string of the molecule is CCS(=O)(=O)Nc1ccccc1C(=O)Nc1ccc(F)cc1. The van der Waals surface area contributed by atoms with Crippen LogP contribution in [0, 0.1) is 5.82 Å². The summed E-state index contributed by atoms with van der Waals surface area (Å²) in [6.07, 6.45) is 0. The molecule has 0 heterocycles. The molecule has 2 aromatic carbocycles. The predicted molar refractivity (Wildman–Crippen MR) is 83.9 cm³/mol. The van der Waals surface area contributed by atoms with Crippen LogP contribution in [0.1, 0.15) is 17.3 Å². The molecule has 2 rings (SSSR count). The van der Waals surface area contributed by atoms with Crippen molar-refractivity contribution >= 4 is 27.3 Å². The molecule has 22 heavy (non-hydrogen) atoms. The van der Waals surface area contributed by atoms with Crippen molar-refractivity contribution in [3.63, 3.8) is 0 Å². The predicted octanol–water partition coefficient (Wildman–Crippen LogP) is 2.84. The van der Waals surface area contributed by atoms with E-state index in [1.165, 1.54) is 43.3 Å². The molecule has 0 saturated heterocycles. The Morgan fingerprint density at radius 2 is 1.73 bits per heavy atom. The van der Waals surface area contributed by atoms with Crippen LogP contribution in [0.5, 0.6) is 0 Å². The third-order valence-corrected chi connectivity index (χ3v) is 4.21. The summed E-state index contributed by atoms with van der Waals surface area (Å²) >= 11 is 0. The molecule has 116 valence electrons. The van der Waals surface area contributed by atoms with Crippen molar-refractivity contribution in [3.8, 4) is 0 Å². The van der Waals surface area contributed by atoms with Crippen molar-refractivity contribution in [2.24, 2.45) is 0 Å². The summed E-state index contributed by atoms with van der Waals surface area (Å²) in [5, 5.41) is 2.59. The number of benzene rings is 2. The zero-order valence-electron chi connectivity index (χ0n) is 11.8. The molecule has 0 aliphatic carbocycles. The number of rotatable bonds is 5. The van der Waals surface area contributed by atoms with Gasteiger partial charge >= 0.3 is 0 Å². The number of para-hydroxylation sites is 1. The second-order valence-electron chi connectivity index (χ2n) is 4.51. The zero-order chi connectivity index (χ0) is 16.2. The number of carbonyl (C=O) groups is 1. The van der Waals surface area contributed by atoms with Crippen molar-refractivity contribution in [1.29, 1.82) is 0 Å². The van der Waals surface area contributed by atoms with Crippen molar-refractivity contribution in [2.75, 3.05) is 15.8 Å². The Balaban J connectivity index is 2.24. The minimum Gasteiger partial charge on any atom is -0.322 e. The Morgan fingerprint density at radius 1 is 1.09 bits per heavy atom. The van der Waals surface area contributed by atoms with Crippen molar-refractivity contribution in [1.82, 2.24) is 0 Å². The van der Waals surface area contributed by atoms with E-state index < -0.39 is 21.7 Å². The molecular formula is C15H15FN2O3S. The Hall–Kier alpha value is -2.41. The van der Waals surface area contributed by atoms with Gasteiger partial charge in [-0.15, -0.1) is 0 Å². The molecule has 0 bridgehead atoms. The lowest BCUT2D eigenvalue weighted by molar-refractivity contribution is 0.102. The molecule has 0 radical (unpaired) electrons.